The summed E-state index contributed by atoms with van der Waals surface area (Å²) in [7, 11) is -0.367. The molecular formula is C32H36N2O6S. The molecule has 0 saturated carbocycles. The fraction of sp³-hybridized carbons (Fsp3) is 0.250. The van der Waals surface area contributed by atoms with Gasteiger partial charge < -0.3 is 25.0 Å². The molecule has 9 heteroatoms. The molecule has 0 saturated heterocycles. The van der Waals surface area contributed by atoms with Gasteiger partial charge in [0, 0.05) is 12.6 Å². The van der Waals surface area contributed by atoms with E-state index < -0.39 is 16.1 Å². The molecule has 41 heavy (non-hydrogen) atoms. The number of anilines is 1. The fourth-order valence-electron chi connectivity index (χ4n) is 4.69. The summed E-state index contributed by atoms with van der Waals surface area (Å²) in [6, 6.07) is 28.9. The molecule has 0 aromatic heterocycles. The van der Waals surface area contributed by atoms with Crippen molar-refractivity contribution in [3.8, 4) is 28.4 Å². The number of aliphatic hydroxyl groups is 1. The van der Waals surface area contributed by atoms with Crippen LogP contribution in [0.1, 0.15) is 22.7 Å². The quantitative estimate of drug-likeness (QED) is 0.167. The minimum absolute atomic E-state index is 0.0762. The molecule has 0 amide bonds. The van der Waals surface area contributed by atoms with E-state index in [1.807, 2.05) is 36.4 Å². The number of phenols is 1. The van der Waals surface area contributed by atoms with Gasteiger partial charge in [-0.2, -0.15) is 0 Å². The maximum Gasteiger partial charge on any atom is 0.229 e. The SMILES string of the molecule is COc1ccc([C@@H](Cc2ccc(-c3ccccc3)cc2)NC[C@@H](O)Cc2ccc(O)c(NS(C)(=O)=O)c2)cc1OC. The zero-order valence-electron chi connectivity index (χ0n) is 23.4. The van der Waals surface area contributed by atoms with Crippen LogP contribution < -0.4 is 19.5 Å². The number of methoxy groups -OCH3 is 2. The van der Waals surface area contributed by atoms with Crippen LogP contribution in [0.15, 0.2) is 91.0 Å². The van der Waals surface area contributed by atoms with Gasteiger partial charge in [-0.05, 0) is 64.9 Å². The number of rotatable bonds is 13. The first-order chi connectivity index (χ1) is 19.6. The highest BCUT2D eigenvalue weighted by Crippen LogP contribution is 2.32. The van der Waals surface area contributed by atoms with Gasteiger partial charge in [0.1, 0.15) is 5.75 Å². The van der Waals surface area contributed by atoms with Crippen molar-refractivity contribution in [3.63, 3.8) is 0 Å². The van der Waals surface area contributed by atoms with E-state index in [2.05, 4.69) is 46.4 Å². The number of aromatic hydroxyl groups is 1. The van der Waals surface area contributed by atoms with Crippen LogP contribution in [0.4, 0.5) is 5.69 Å². The van der Waals surface area contributed by atoms with Crippen molar-refractivity contribution < 1.29 is 28.1 Å². The highest BCUT2D eigenvalue weighted by atomic mass is 32.2. The molecule has 0 aliphatic rings. The van der Waals surface area contributed by atoms with Gasteiger partial charge in [-0.1, -0.05) is 66.7 Å². The van der Waals surface area contributed by atoms with Gasteiger partial charge in [0.2, 0.25) is 10.0 Å². The van der Waals surface area contributed by atoms with Crippen molar-refractivity contribution in [1.82, 2.24) is 5.32 Å². The molecule has 0 spiro atoms. The van der Waals surface area contributed by atoms with E-state index >= 15 is 0 Å². The Morgan fingerprint density at radius 1 is 0.780 bits per heavy atom. The zero-order valence-corrected chi connectivity index (χ0v) is 24.2. The van der Waals surface area contributed by atoms with E-state index in [0.29, 0.717) is 23.5 Å². The Balaban J connectivity index is 1.51. The molecule has 0 unspecified atom stereocenters. The second-order valence-electron chi connectivity index (χ2n) is 9.93. The van der Waals surface area contributed by atoms with Crippen molar-refractivity contribution in [2.75, 3.05) is 31.7 Å². The molecule has 0 bridgehead atoms. The predicted octanol–water partition coefficient (Wildman–Crippen LogP) is 4.92. The lowest BCUT2D eigenvalue weighted by Gasteiger charge is -2.23. The first-order valence-corrected chi connectivity index (χ1v) is 15.1. The first-order valence-electron chi connectivity index (χ1n) is 13.2. The van der Waals surface area contributed by atoms with Crippen LogP contribution in [0, 0.1) is 0 Å². The lowest BCUT2D eigenvalue weighted by Crippen LogP contribution is -2.32. The van der Waals surface area contributed by atoms with Crippen LogP contribution >= 0.6 is 0 Å². The molecule has 0 fully saturated rings. The lowest BCUT2D eigenvalue weighted by molar-refractivity contribution is 0.167. The molecule has 2 atom stereocenters. The fourth-order valence-corrected chi connectivity index (χ4v) is 5.25. The topological polar surface area (TPSA) is 117 Å². The summed E-state index contributed by atoms with van der Waals surface area (Å²) in [5.74, 6) is 1.07. The number of aliphatic hydroxyl groups excluding tert-OH is 1. The van der Waals surface area contributed by atoms with Crippen LogP contribution in [-0.4, -0.2) is 51.8 Å². The largest absolute Gasteiger partial charge is 0.506 e. The number of sulfonamides is 1. The standard InChI is InChI=1S/C32H36N2O6S/c1-39-31-16-14-26(20-32(31)40-2)28(18-22-9-12-25(13-10-22)24-7-5-4-6-8-24)33-21-27(35)17-23-11-15-30(36)29(19-23)34-41(3,37)38/h4-16,19-20,27-28,33-36H,17-18,21H2,1-3H3/t27-,28+/m0/s1. The Kier molecular flexibility index (Phi) is 9.88. The molecule has 4 rings (SSSR count). The monoisotopic (exact) mass is 576 g/mol. The second-order valence-corrected chi connectivity index (χ2v) is 11.7. The van der Waals surface area contributed by atoms with Gasteiger partial charge in [-0.15, -0.1) is 0 Å². The molecule has 216 valence electrons. The van der Waals surface area contributed by atoms with Crippen LogP contribution in [0.3, 0.4) is 0 Å². The number of hydrogen-bond donors (Lipinski definition) is 4. The highest BCUT2D eigenvalue weighted by molar-refractivity contribution is 7.92. The predicted molar refractivity (Wildman–Crippen MR) is 162 cm³/mol. The molecule has 0 radical (unpaired) electrons. The first kappa shape index (κ1) is 29.9. The van der Waals surface area contributed by atoms with Gasteiger partial charge >= 0.3 is 0 Å². The number of ether oxygens (including phenoxy) is 2. The molecule has 4 aromatic rings. The Bertz CT molecular complexity index is 1540. The number of phenolic OH excluding ortho intramolecular Hbond substituents is 1. The van der Waals surface area contributed by atoms with Gasteiger partial charge in [0.25, 0.3) is 0 Å². The smallest absolute Gasteiger partial charge is 0.229 e. The van der Waals surface area contributed by atoms with Crippen molar-refractivity contribution in [2.24, 2.45) is 0 Å². The van der Waals surface area contributed by atoms with Crippen LogP contribution in [-0.2, 0) is 22.9 Å². The third-order valence-electron chi connectivity index (χ3n) is 6.74. The number of nitrogens with one attached hydrogen (secondary N) is 2. The summed E-state index contributed by atoms with van der Waals surface area (Å²) in [6.45, 7) is 0.275. The normalized spacial score (nSPS) is 12.9. The van der Waals surface area contributed by atoms with Gasteiger partial charge in [0.05, 0.1) is 32.3 Å². The lowest BCUT2D eigenvalue weighted by atomic mass is 9.96. The Morgan fingerprint density at radius 2 is 1.44 bits per heavy atom. The van der Waals surface area contributed by atoms with Crippen molar-refractivity contribution in [3.05, 3.63) is 108 Å². The van der Waals surface area contributed by atoms with Crippen molar-refractivity contribution >= 4 is 15.7 Å². The summed E-state index contributed by atoms with van der Waals surface area (Å²) >= 11 is 0. The van der Waals surface area contributed by atoms with E-state index in [9.17, 15) is 18.6 Å². The molecule has 0 aliphatic heterocycles. The molecule has 4 aromatic carbocycles. The van der Waals surface area contributed by atoms with Gasteiger partial charge in [-0.25, -0.2) is 8.42 Å². The zero-order chi connectivity index (χ0) is 29.4. The Labute approximate surface area is 241 Å². The summed E-state index contributed by atoms with van der Waals surface area (Å²) in [5, 5.41) is 24.4. The molecular weight excluding hydrogens is 540 g/mol. The maximum absolute atomic E-state index is 11.6. The Hall–Kier alpha value is -4.05. The van der Waals surface area contributed by atoms with E-state index in [-0.39, 0.29) is 30.4 Å². The van der Waals surface area contributed by atoms with Crippen LogP contribution in [0.2, 0.25) is 0 Å². The third-order valence-corrected chi connectivity index (χ3v) is 7.33. The van der Waals surface area contributed by atoms with Crippen molar-refractivity contribution in [1.29, 1.82) is 0 Å². The van der Waals surface area contributed by atoms with E-state index in [0.717, 1.165) is 28.5 Å². The number of hydrogen-bond acceptors (Lipinski definition) is 7. The van der Waals surface area contributed by atoms with Crippen LogP contribution in [0.25, 0.3) is 11.1 Å². The van der Waals surface area contributed by atoms with Crippen molar-refractivity contribution in [2.45, 2.75) is 25.0 Å². The summed E-state index contributed by atoms with van der Waals surface area (Å²) < 4.78 is 36.5. The second kappa shape index (κ2) is 13.5. The Morgan fingerprint density at radius 3 is 2.10 bits per heavy atom. The molecule has 4 N–H and O–H groups in total. The van der Waals surface area contributed by atoms with E-state index in [1.165, 1.54) is 12.1 Å². The minimum Gasteiger partial charge on any atom is -0.506 e. The maximum atomic E-state index is 11.6. The van der Waals surface area contributed by atoms with Gasteiger partial charge in [0.15, 0.2) is 11.5 Å². The summed E-state index contributed by atoms with van der Waals surface area (Å²) in [5.41, 5.74) is 5.15. The average molecular weight is 577 g/mol. The number of benzene rings is 4. The van der Waals surface area contributed by atoms with E-state index in [1.54, 1.807) is 20.3 Å². The minimum atomic E-state index is -3.56. The molecule has 8 nitrogen and oxygen atoms in total. The van der Waals surface area contributed by atoms with Gasteiger partial charge in [-0.3, -0.25) is 4.72 Å². The van der Waals surface area contributed by atoms with Crippen LogP contribution in [0.5, 0.6) is 17.2 Å². The average Bonchev–Trinajstić information content (AvgIpc) is 2.96. The molecule has 0 heterocycles. The summed E-state index contributed by atoms with van der Waals surface area (Å²) in [6.07, 6.45) is 1.17. The summed E-state index contributed by atoms with van der Waals surface area (Å²) in [4.78, 5) is 0. The third kappa shape index (κ3) is 8.47. The van der Waals surface area contributed by atoms with E-state index in [4.69, 9.17) is 9.47 Å². The molecule has 0 aliphatic carbocycles. The highest BCUT2D eigenvalue weighted by Gasteiger charge is 2.18.